The lowest BCUT2D eigenvalue weighted by Crippen LogP contribution is -2.29. The number of hydrogen-bond acceptors (Lipinski definition) is 4. The Bertz CT molecular complexity index is 375. The van der Waals surface area contributed by atoms with Gasteiger partial charge in [-0.05, 0) is 18.2 Å². The molecule has 1 amide bonds. The average Bonchev–Trinajstić information content (AvgIpc) is 2.25. The summed E-state index contributed by atoms with van der Waals surface area (Å²) in [5.74, 6) is 4.66. The lowest BCUT2D eigenvalue weighted by molar-refractivity contribution is 0.0953. The zero-order valence-electron chi connectivity index (χ0n) is 8.64. The summed E-state index contributed by atoms with van der Waals surface area (Å²) in [5.41, 5.74) is 3.10. The SMILES string of the molecule is CN(C)N=Nc1cccc(C(=O)NN)c1. The highest BCUT2D eigenvalue weighted by Gasteiger charge is 2.02. The summed E-state index contributed by atoms with van der Waals surface area (Å²) >= 11 is 0. The second-order valence-corrected chi connectivity index (χ2v) is 3.06. The smallest absolute Gasteiger partial charge is 0.265 e. The van der Waals surface area contributed by atoms with Crippen molar-refractivity contribution in [2.45, 2.75) is 0 Å². The second-order valence-electron chi connectivity index (χ2n) is 3.06. The van der Waals surface area contributed by atoms with Gasteiger partial charge in [0.1, 0.15) is 0 Å². The number of amides is 1. The molecule has 1 aromatic rings. The summed E-state index contributed by atoms with van der Waals surface area (Å²) in [6.07, 6.45) is 0. The van der Waals surface area contributed by atoms with Crippen LogP contribution in [0.5, 0.6) is 0 Å². The Morgan fingerprint density at radius 3 is 2.80 bits per heavy atom. The van der Waals surface area contributed by atoms with Gasteiger partial charge in [-0.15, -0.1) is 5.11 Å². The Labute approximate surface area is 87.7 Å². The van der Waals surface area contributed by atoms with Crippen LogP contribution in [0.4, 0.5) is 5.69 Å². The molecule has 0 radical (unpaired) electrons. The predicted octanol–water partition coefficient (Wildman–Crippen LogP) is 0.850. The van der Waals surface area contributed by atoms with E-state index in [0.717, 1.165) is 0 Å². The monoisotopic (exact) mass is 207 g/mol. The van der Waals surface area contributed by atoms with Gasteiger partial charge in [0.15, 0.2) is 0 Å². The Kier molecular flexibility index (Phi) is 3.75. The number of nitrogens with one attached hydrogen (secondary N) is 1. The Hall–Kier alpha value is -1.95. The number of benzene rings is 1. The lowest BCUT2D eigenvalue weighted by atomic mass is 10.2. The van der Waals surface area contributed by atoms with E-state index in [1.54, 1.807) is 43.4 Å². The highest BCUT2D eigenvalue weighted by Crippen LogP contribution is 2.14. The first-order chi connectivity index (χ1) is 7.13. The minimum atomic E-state index is -0.350. The van der Waals surface area contributed by atoms with Crippen molar-refractivity contribution in [1.82, 2.24) is 10.4 Å². The Morgan fingerprint density at radius 2 is 2.20 bits per heavy atom. The quantitative estimate of drug-likeness (QED) is 0.333. The fourth-order valence-corrected chi connectivity index (χ4v) is 0.934. The van der Waals surface area contributed by atoms with Crippen molar-refractivity contribution in [2.24, 2.45) is 16.2 Å². The number of nitrogens with two attached hydrogens (primary N) is 1. The molecular weight excluding hydrogens is 194 g/mol. The van der Waals surface area contributed by atoms with Gasteiger partial charge >= 0.3 is 0 Å². The lowest BCUT2D eigenvalue weighted by Gasteiger charge is -2.02. The van der Waals surface area contributed by atoms with Crippen molar-refractivity contribution < 1.29 is 4.79 Å². The van der Waals surface area contributed by atoms with Crippen molar-refractivity contribution in [3.8, 4) is 0 Å². The number of carbonyl (C=O) groups is 1. The zero-order chi connectivity index (χ0) is 11.3. The summed E-state index contributed by atoms with van der Waals surface area (Å²) in [6.45, 7) is 0. The summed E-state index contributed by atoms with van der Waals surface area (Å²) < 4.78 is 0. The van der Waals surface area contributed by atoms with E-state index in [2.05, 4.69) is 15.8 Å². The van der Waals surface area contributed by atoms with Crippen molar-refractivity contribution >= 4 is 11.6 Å². The first-order valence-electron chi connectivity index (χ1n) is 4.33. The van der Waals surface area contributed by atoms with Crippen LogP contribution in [0.1, 0.15) is 10.4 Å². The van der Waals surface area contributed by atoms with Gasteiger partial charge in [-0.3, -0.25) is 15.2 Å². The van der Waals surface area contributed by atoms with Crippen LogP contribution < -0.4 is 11.3 Å². The van der Waals surface area contributed by atoms with Crippen LogP contribution in [-0.2, 0) is 0 Å². The predicted molar refractivity (Wildman–Crippen MR) is 56.3 cm³/mol. The third-order valence-corrected chi connectivity index (χ3v) is 1.58. The molecule has 0 heterocycles. The molecule has 0 bridgehead atoms. The maximum absolute atomic E-state index is 11.2. The number of nitrogens with zero attached hydrogens (tertiary/aromatic N) is 3. The van der Waals surface area contributed by atoms with Gasteiger partial charge in [0, 0.05) is 19.7 Å². The van der Waals surface area contributed by atoms with Crippen LogP contribution in [0, 0.1) is 0 Å². The van der Waals surface area contributed by atoms with Crippen molar-refractivity contribution in [3.05, 3.63) is 29.8 Å². The van der Waals surface area contributed by atoms with E-state index in [1.165, 1.54) is 0 Å². The van der Waals surface area contributed by atoms with Crippen molar-refractivity contribution in [3.63, 3.8) is 0 Å². The van der Waals surface area contributed by atoms with Gasteiger partial charge < -0.3 is 0 Å². The molecule has 1 rings (SSSR count). The van der Waals surface area contributed by atoms with Gasteiger partial charge in [0.25, 0.3) is 5.91 Å². The maximum Gasteiger partial charge on any atom is 0.265 e. The van der Waals surface area contributed by atoms with E-state index >= 15 is 0 Å². The summed E-state index contributed by atoms with van der Waals surface area (Å²) in [6, 6.07) is 6.72. The molecule has 0 saturated heterocycles. The molecular formula is C9H13N5O. The first kappa shape index (κ1) is 11.1. The number of nitrogen functional groups attached to an aromatic ring is 1. The Balaban J connectivity index is 2.88. The van der Waals surface area contributed by atoms with Crippen LogP contribution in [-0.4, -0.2) is 25.0 Å². The van der Waals surface area contributed by atoms with Gasteiger partial charge in [0.05, 0.1) is 5.69 Å². The molecule has 1 aromatic carbocycles. The zero-order valence-corrected chi connectivity index (χ0v) is 8.64. The molecule has 80 valence electrons. The summed E-state index contributed by atoms with van der Waals surface area (Å²) in [4.78, 5) is 11.2. The molecule has 0 aliphatic rings. The topological polar surface area (TPSA) is 83.1 Å². The number of rotatable bonds is 3. The molecule has 0 aromatic heterocycles. The molecule has 3 N–H and O–H groups in total. The molecule has 6 heteroatoms. The maximum atomic E-state index is 11.2. The largest absolute Gasteiger partial charge is 0.290 e. The van der Waals surface area contributed by atoms with Crippen molar-refractivity contribution in [2.75, 3.05) is 14.1 Å². The molecule has 0 aliphatic heterocycles. The molecule has 0 unspecified atom stereocenters. The van der Waals surface area contributed by atoms with E-state index in [-0.39, 0.29) is 5.91 Å². The minimum Gasteiger partial charge on any atom is -0.290 e. The molecule has 0 fully saturated rings. The third kappa shape index (κ3) is 3.35. The van der Waals surface area contributed by atoms with E-state index in [4.69, 9.17) is 5.84 Å². The van der Waals surface area contributed by atoms with E-state index in [9.17, 15) is 4.79 Å². The van der Waals surface area contributed by atoms with Gasteiger partial charge in [0.2, 0.25) is 0 Å². The average molecular weight is 207 g/mol. The molecule has 15 heavy (non-hydrogen) atoms. The highest BCUT2D eigenvalue weighted by atomic mass is 16.2. The van der Waals surface area contributed by atoms with Crippen molar-refractivity contribution in [1.29, 1.82) is 0 Å². The fourth-order valence-electron chi connectivity index (χ4n) is 0.934. The van der Waals surface area contributed by atoms with Crippen LogP contribution in [0.25, 0.3) is 0 Å². The van der Waals surface area contributed by atoms with E-state index in [0.29, 0.717) is 11.3 Å². The van der Waals surface area contributed by atoms with Gasteiger partial charge in [-0.25, -0.2) is 5.84 Å². The third-order valence-electron chi connectivity index (χ3n) is 1.58. The molecule has 0 spiro atoms. The minimum absolute atomic E-state index is 0.350. The number of hydrazine groups is 1. The Morgan fingerprint density at radius 1 is 1.47 bits per heavy atom. The fraction of sp³-hybridized carbons (Fsp3) is 0.222. The van der Waals surface area contributed by atoms with Crippen LogP contribution >= 0.6 is 0 Å². The first-order valence-corrected chi connectivity index (χ1v) is 4.33. The second kappa shape index (κ2) is 5.06. The normalized spacial score (nSPS) is 10.3. The van der Waals surface area contributed by atoms with Crippen LogP contribution in [0.15, 0.2) is 34.6 Å². The van der Waals surface area contributed by atoms with E-state index < -0.39 is 0 Å². The number of carbonyl (C=O) groups excluding carboxylic acids is 1. The molecule has 0 saturated carbocycles. The summed E-state index contributed by atoms with van der Waals surface area (Å²) in [5, 5.41) is 9.29. The summed E-state index contributed by atoms with van der Waals surface area (Å²) in [7, 11) is 3.53. The molecule has 0 atom stereocenters. The molecule has 6 nitrogen and oxygen atoms in total. The highest BCUT2D eigenvalue weighted by molar-refractivity contribution is 5.94. The van der Waals surface area contributed by atoms with Gasteiger partial charge in [-0.2, -0.15) is 0 Å². The van der Waals surface area contributed by atoms with Gasteiger partial charge in [-0.1, -0.05) is 11.3 Å². The van der Waals surface area contributed by atoms with Crippen LogP contribution in [0.2, 0.25) is 0 Å². The van der Waals surface area contributed by atoms with Crippen LogP contribution in [0.3, 0.4) is 0 Å². The van der Waals surface area contributed by atoms with E-state index in [1.807, 2.05) is 0 Å². The number of hydrogen-bond donors (Lipinski definition) is 2. The standard InChI is InChI=1S/C9H13N5O/c1-14(2)13-12-8-5-3-4-7(6-8)9(15)11-10/h3-6H,10H2,1-2H3,(H,11,15). The molecule has 0 aliphatic carbocycles.